The first kappa shape index (κ1) is 13.6. The van der Waals surface area contributed by atoms with Crippen LogP contribution in [0.25, 0.3) is 22.1 Å². The van der Waals surface area contributed by atoms with Gasteiger partial charge in [-0.3, -0.25) is 0 Å². The molecule has 2 aromatic heterocycles. The van der Waals surface area contributed by atoms with Gasteiger partial charge in [0, 0.05) is 24.9 Å². The van der Waals surface area contributed by atoms with E-state index in [9.17, 15) is 0 Å². The topological polar surface area (TPSA) is 42.2 Å². The van der Waals surface area contributed by atoms with Crippen LogP contribution in [0.4, 0.5) is 5.82 Å². The largest absolute Gasteiger partial charge is 0.450 e. The SMILES string of the molecule is CCc1nc(N2CCCCCC2)c2oc3ccccc3c2n1. The molecule has 1 aromatic carbocycles. The molecule has 4 rings (SSSR count). The molecular weight excluding hydrogens is 274 g/mol. The van der Waals surface area contributed by atoms with Crippen molar-refractivity contribution in [2.24, 2.45) is 0 Å². The number of aryl methyl sites for hydroxylation is 1. The van der Waals surface area contributed by atoms with Crippen LogP contribution >= 0.6 is 0 Å². The highest BCUT2D eigenvalue weighted by molar-refractivity contribution is 6.05. The minimum absolute atomic E-state index is 0.844. The number of hydrogen-bond acceptors (Lipinski definition) is 4. The van der Waals surface area contributed by atoms with Crippen LogP contribution in [-0.2, 0) is 6.42 Å². The van der Waals surface area contributed by atoms with Gasteiger partial charge in [-0.2, -0.15) is 0 Å². The number of furan rings is 1. The van der Waals surface area contributed by atoms with E-state index in [1.165, 1.54) is 25.7 Å². The quantitative estimate of drug-likeness (QED) is 0.706. The monoisotopic (exact) mass is 295 g/mol. The van der Waals surface area contributed by atoms with Crippen molar-refractivity contribution in [2.75, 3.05) is 18.0 Å². The van der Waals surface area contributed by atoms with E-state index in [0.29, 0.717) is 0 Å². The molecule has 4 nitrogen and oxygen atoms in total. The second-order valence-electron chi connectivity index (χ2n) is 5.99. The zero-order chi connectivity index (χ0) is 14.9. The van der Waals surface area contributed by atoms with Crippen molar-refractivity contribution >= 4 is 27.9 Å². The van der Waals surface area contributed by atoms with E-state index in [4.69, 9.17) is 14.4 Å². The summed E-state index contributed by atoms with van der Waals surface area (Å²) < 4.78 is 6.11. The third kappa shape index (κ3) is 2.23. The van der Waals surface area contributed by atoms with E-state index in [1.54, 1.807) is 0 Å². The van der Waals surface area contributed by atoms with Crippen LogP contribution in [0.1, 0.15) is 38.4 Å². The molecule has 22 heavy (non-hydrogen) atoms. The summed E-state index contributed by atoms with van der Waals surface area (Å²) in [6, 6.07) is 8.13. The second kappa shape index (κ2) is 5.59. The van der Waals surface area contributed by atoms with E-state index in [0.717, 1.165) is 53.2 Å². The summed E-state index contributed by atoms with van der Waals surface area (Å²) in [5.74, 6) is 1.89. The number of nitrogens with zero attached hydrogens (tertiary/aromatic N) is 3. The summed E-state index contributed by atoms with van der Waals surface area (Å²) in [5.41, 5.74) is 2.71. The van der Waals surface area contributed by atoms with Gasteiger partial charge < -0.3 is 9.32 Å². The van der Waals surface area contributed by atoms with Gasteiger partial charge in [-0.25, -0.2) is 9.97 Å². The molecule has 1 saturated heterocycles. The first-order chi connectivity index (χ1) is 10.9. The molecule has 0 N–H and O–H groups in total. The minimum Gasteiger partial charge on any atom is -0.450 e. The molecule has 0 spiro atoms. The number of aromatic nitrogens is 2. The van der Waals surface area contributed by atoms with Gasteiger partial charge in [0.2, 0.25) is 0 Å². The highest BCUT2D eigenvalue weighted by Gasteiger charge is 2.20. The predicted octanol–water partition coefficient (Wildman–Crippen LogP) is 4.32. The summed E-state index contributed by atoms with van der Waals surface area (Å²) in [6.07, 6.45) is 5.92. The lowest BCUT2D eigenvalue weighted by atomic mass is 10.2. The molecule has 0 unspecified atom stereocenters. The lowest BCUT2D eigenvalue weighted by molar-refractivity contribution is 0.656. The predicted molar refractivity (Wildman–Crippen MR) is 89.4 cm³/mol. The van der Waals surface area contributed by atoms with Crippen molar-refractivity contribution in [3.05, 3.63) is 30.1 Å². The Morgan fingerprint density at radius 1 is 1.05 bits per heavy atom. The fraction of sp³-hybridized carbons (Fsp3) is 0.444. The summed E-state index contributed by atoms with van der Waals surface area (Å²) in [6.45, 7) is 4.23. The standard InChI is InChI=1S/C18H21N3O/c1-2-15-19-16-13-9-5-6-10-14(13)22-17(16)18(20-15)21-11-7-3-4-8-12-21/h5-6,9-10H,2-4,7-8,11-12H2,1H3. The summed E-state index contributed by atoms with van der Waals surface area (Å²) in [7, 11) is 0. The molecular formula is C18H21N3O. The Bertz CT molecular complexity index is 801. The summed E-state index contributed by atoms with van der Waals surface area (Å²) in [4.78, 5) is 11.9. The molecule has 0 atom stereocenters. The van der Waals surface area contributed by atoms with Gasteiger partial charge >= 0.3 is 0 Å². The molecule has 0 amide bonds. The Kier molecular flexibility index (Phi) is 3.45. The van der Waals surface area contributed by atoms with Crippen LogP contribution in [0, 0.1) is 0 Å². The van der Waals surface area contributed by atoms with Crippen molar-refractivity contribution in [1.82, 2.24) is 9.97 Å². The van der Waals surface area contributed by atoms with Gasteiger partial charge in [0.05, 0.1) is 0 Å². The Labute approximate surface area is 130 Å². The van der Waals surface area contributed by atoms with Gasteiger partial charge in [0.25, 0.3) is 0 Å². The molecule has 1 fully saturated rings. The average Bonchev–Trinajstić information content (AvgIpc) is 2.73. The lowest BCUT2D eigenvalue weighted by Gasteiger charge is -2.21. The lowest BCUT2D eigenvalue weighted by Crippen LogP contribution is -2.25. The third-order valence-electron chi connectivity index (χ3n) is 4.47. The molecule has 1 aliphatic heterocycles. The third-order valence-corrected chi connectivity index (χ3v) is 4.47. The van der Waals surface area contributed by atoms with E-state index in [1.807, 2.05) is 18.2 Å². The molecule has 0 radical (unpaired) electrons. The van der Waals surface area contributed by atoms with Crippen LogP contribution in [-0.4, -0.2) is 23.1 Å². The van der Waals surface area contributed by atoms with E-state index in [2.05, 4.69) is 17.9 Å². The minimum atomic E-state index is 0.844. The fourth-order valence-electron chi connectivity index (χ4n) is 3.28. The van der Waals surface area contributed by atoms with Crippen molar-refractivity contribution in [1.29, 1.82) is 0 Å². The second-order valence-corrected chi connectivity index (χ2v) is 5.99. The fourth-order valence-corrected chi connectivity index (χ4v) is 3.28. The van der Waals surface area contributed by atoms with Gasteiger partial charge in [0.1, 0.15) is 16.9 Å². The maximum absolute atomic E-state index is 6.11. The number of fused-ring (bicyclic) bond motifs is 3. The van der Waals surface area contributed by atoms with Gasteiger partial charge in [0.15, 0.2) is 11.4 Å². The normalized spacial score (nSPS) is 16.3. The van der Waals surface area contributed by atoms with Crippen molar-refractivity contribution in [2.45, 2.75) is 39.0 Å². The van der Waals surface area contributed by atoms with Crippen LogP contribution in [0.5, 0.6) is 0 Å². The van der Waals surface area contributed by atoms with Gasteiger partial charge in [-0.05, 0) is 25.0 Å². The Balaban J connectivity index is 1.95. The number of benzene rings is 1. The highest BCUT2D eigenvalue weighted by atomic mass is 16.3. The number of rotatable bonds is 2. The van der Waals surface area contributed by atoms with E-state index in [-0.39, 0.29) is 0 Å². The maximum atomic E-state index is 6.11. The Morgan fingerprint density at radius 2 is 1.82 bits per heavy atom. The van der Waals surface area contributed by atoms with E-state index >= 15 is 0 Å². The molecule has 0 bridgehead atoms. The van der Waals surface area contributed by atoms with Crippen molar-refractivity contribution in [3.8, 4) is 0 Å². The summed E-state index contributed by atoms with van der Waals surface area (Å²) in [5, 5.41) is 1.09. The average molecular weight is 295 g/mol. The maximum Gasteiger partial charge on any atom is 0.196 e. The van der Waals surface area contributed by atoms with Crippen LogP contribution in [0.3, 0.4) is 0 Å². The van der Waals surface area contributed by atoms with Crippen LogP contribution < -0.4 is 4.90 Å². The smallest absolute Gasteiger partial charge is 0.196 e. The summed E-state index contributed by atoms with van der Waals surface area (Å²) >= 11 is 0. The molecule has 0 saturated carbocycles. The molecule has 1 aliphatic rings. The number of anilines is 1. The molecule has 3 heterocycles. The first-order valence-electron chi connectivity index (χ1n) is 8.30. The van der Waals surface area contributed by atoms with Crippen molar-refractivity contribution in [3.63, 3.8) is 0 Å². The zero-order valence-corrected chi connectivity index (χ0v) is 13.0. The molecule has 0 aliphatic carbocycles. The Morgan fingerprint density at radius 3 is 2.59 bits per heavy atom. The van der Waals surface area contributed by atoms with Gasteiger partial charge in [-0.15, -0.1) is 0 Å². The first-order valence-corrected chi connectivity index (χ1v) is 8.30. The van der Waals surface area contributed by atoms with Crippen LogP contribution in [0.15, 0.2) is 28.7 Å². The van der Waals surface area contributed by atoms with Crippen molar-refractivity contribution < 1.29 is 4.42 Å². The molecule has 114 valence electrons. The zero-order valence-electron chi connectivity index (χ0n) is 13.0. The van der Waals surface area contributed by atoms with Gasteiger partial charge in [-0.1, -0.05) is 31.9 Å². The van der Waals surface area contributed by atoms with E-state index < -0.39 is 0 Å². The number of para-hydroxylation sites is 1. The molecule has 3 aromatic rings. The number of hydrogen-bond donors (Lipinski definition) is 0. The molecule has 4 heteroatoms. The highest BCUT2D eigenvalue weighted by Crippen LogP contribution is 2.33. The Hall–Kier alpha value is -2.10. The van der Waals surface area contributed by atoms with Crippen LogP contribution in [0.2, 0.25) is 0 Å².